The van der Waals surface area contributed by atoms with Gasteiger partial charge in [0.2, 0.25) is 0 Å². The van der Waals surface area contributed by atoms with Gasteiger partial charge in [0.05, 0.1) is 6.61 Å². The molecule has 0 saturated carbocycles. The Morgan fingerprint density at radius 2 is 1.78 bits per heavy atom. The molecule has 6 heteroatoms. The summed E-state index contributed by atoms with van der Waals surface area (Å²) in [6, 6.07) is 14.2. The molecule has 2 aromatic carbocycles. The zero-order chi connectivity index (χ0) is 19.6. The van der Waals surface area contributed by atoms with E-state index in [9.17, 15) is 14.4 Å². The molecule has 0 spiro atoms. The van der Waals surface area contributed by atoms with Crippen molar-refractivity contribution in [3.8, 4) is 5.75 Å². The van der Waals surface area contributed by atoms with Crippen molar-refractivity contribution < 1.29 is 23.9 Å². The van der Waals surface area contributed by atoms with Gasteiger partial charge in [-0.05, 0) is 44.5 Å². The number of aryl methyl sites for hydroxylation is 1. The second-order valence-electron chi connectivity index (χ2n) is 6.11. The second-order valence-corrected chi connectivity index (χ2v) is 6.11. The fourth-order valence-electron chi connectivity index (χ4n) is 2.27. The van der Waals surface area contributed by atoms with Gasteiger partial charge in [-0.15, -0.1) is 0 Å². The van der Waals surface area contributed by atoms with E-state index in [1.165, 1.54) is 6.92 Å². The molecule has 0 unspecified atom stereocenters. The molecule has 0 atom stereocenters. The number of nitrogens with one attached hydrogen (secondary N) is 1. The number of ether oxygens (including phenoxy) is 2. The van der Waals surface area contributed by atoms with Gasteiger partial charge in [-0.3, -0.25) is 14.4 Å². The van der Waals surface area contributed by atoms with Crippen LogP contribution in [0.1, 0.15) is 35.7 Å². The lowest BCUT2D eigenvalue weighted by Gasteiger charge is -2.08. The number of Topliss-reactive ketones (excluding diaryl/α,β-unsaturated/α-hetero) is 1. The summed E-state index contributed by atoms with van der Waals surface area (Å²) in [5.41, 5.74) is 2.13. The smallest absolute Gasteiger partial charge is 0.306 e. The van der Waals surface area contributed by atoms with Gasteiger partial charge in [0.25, 0.3) is 5.91 Å². The third-order valence-corrected chi connectivity index (χ3v) is 3.73. The highest BCUT2D eigenvalue weighted by Gasteiger charge is 2.09. The Hall–Kier alpha value is -3.15. The first-order valence-corrected chi connectivity index (χ1v) is 8.70. The van der Waals surface area contributed by atoms with Crippen molar-refractivity contribution in [1.29, 1.82) is 0 Å². The summed E-state index contributed by atoms with van der Waals surface area (Å²) >= 11 is 0. The van der Waals surface area contributed by atoms with Crippen LogP contribution in [0.4, 0.5) is 5.69 Å². The lowest BCUT2D eigenvalue weighted by Crippen LogP contribution is -2.21. The minimum atomic E-state index is -0.463. The van der Waals surface area contributed by atoms with Crippen molar-refractivity contribution in [1.82, 2.24) is 0 Å². The first-order valence-electron chi connectivity index (χ1n) is 8.70. The maximum Gasteiger partial charge on any atom is 0.306 e. The normalized spacial score (nSPS) is 10.1. The molecule has 0 radical (unpaired) electrons. The van der Waals surface area contributed by atoms with E-state index in [-0.39, 0.29) is 18.8 Å². The molecule has 0 aromatic heterocycles. The van der Waals surface area contributed by atoms with Crippen molar-refractivity contribution in [2.45, 2.75) is 26.7 Å². The Morgan fingerprint density at radius 3 is 2.48 bits per heavy atom. The molecular formula is C21H23NO5. The van der Waals surface area contributed by atoms with Crippen LogP contribution in [0, 0.1) is 6.92 Å². The maximum absolute atomic E-state index is 11.8. The number of rotatable bonds is 9. The highest BCUT2D eigenvalue weighted by Crippen LogP contribution is 2.12. The second kappa shape index (κ2) is 10.1. The number of esters is 1. The molecular weight excluding hydrogens is 346 g/mol. The van der Waals surface area contributed by atoms with Crippen LogP contribution in [0.3, 0.4) is 0 Å². The standard InChI is InChI=1S/C21H23NO5/c1-15-8-10-19(11-9-15)26-12-4-7-21(25)27-14-20(24)22-18-6-3-5-17(13-18)16(2)23/h3,5-6,8-11,13H,4,7,12,14H2,1-2H3,(H,22,24). The minimum absolute atomic E-state index is 0.0922. The summed E-state index contributed by atoms with van der Waals surface area (Å²) in [6.45, 7) is 3.46. The molecule has 6 nitrogen and oxygen atoms in total. The van der Waals surface area contributed by atoms with Crippen molar-refractivity contribution in [2.24, 2.45) is 0 Å². The van der Waals surface area contributed by atoms with E-state index >= 15 is 0 Å². The number of carbonyl (C=O) groups excluding carboxylic acids is 3. The van der Waals surface area contributed by atoms with Gasteiger partial charge < -0.3 is 14.8 Å². The Bertz CT molecular complexity index is 798. The van der Waals surface area contributed by atoms with Crippen molar-refractivity contribution in [2.75, 3.05) is 18.5 Å². The summed E-state index contributed by atoms with van der Waals surface area (Å²) in [7, 11) is 0. The number of amides is 1. The van der Waals surface area contributed by atoms with Gasteiger partial charge in [-0.25, -0.2) is 0 Å². The number of ketones is 1. The third kappa shape index (κ3) is 7.32. The van der Waals surface area contributed by atoms with Gasteiger partial charge >= 0.3 is 5.97 Å². The van der Waals surface area contributed by atoms with Gasteiger partial charge in [0, 0.05) is 17.7 Å². The molecule has 142 valence electrons. The number of carbonyl (C=O) groups is 3. The first-order chi connectivity index (χ1) is 12.9. The zero-order valence-electron chi connectivity index (χ0n) is 15.5. The highest BCUT2D eigenvalue weighted by atomic mass is 16.5. The molecule has 0 bridgehead atoms. The first kappa shape index (κ1) is 20.2. The van der Waals surface area contributed by atoms with Crippen molar-refractivity contribution in [3.63, 3.8) is 0 Å². The van der Waals surface area contributed by atoms with Crippen LogP contribution in [0.5, 0.6) is 5.75 Å². The molecule has 0 fully saturated rings. The van der Waals surface area contributed by atoms with Crippen LogP contribution in [0.2, 0.25) is 0 Å². The van der Waals surface area contributed by atoms with Crippen LogP contribution in [0.25, 0.3) is 0 Å². The van der Waals surface area contributed by atoms with Crippen LogP contribution < -0.4 is 10.1 Å². The lowest BCUT2D eigenvalue weighted by atomic mass is 10.1. The topological polar surface area (TPSA) is 81.7 Å². The molecule has 2 aromatic rings. The van der Waals surface area contributed by atoms with E-state index < -0.39 is 11.9 Å². The zero-order valence-corrected chi connectivity index (χ0v) is 15.5. The Kier molecular flexibility index (Phi) is 7.55. The van der Waals surface area contributed by atoms with Crippen molar-refractivity contribution in [3.05, 3.63) is 59.7 Å². The molecule has 0 heterocycles. The average molecular weight is 369 g/mol. The van der Waals surface area contributed by atoms with Gasteiger partial charge in [0.1, 0.15) is 5.75 Å². The predicted molar refractivity (Wildman–Crippen MR) is 102 cm³/mol. The summed E-state index contributed by atoms with van der Waals surface area (Å²) in [4.78, 5) is 34.9. The van der Waals surface area contributed by atoms with E-state index in [1.807, 2.05) is 31.2 Å². The Morgan fingerprint density at radius 1 is 1.04 bits per heavy atom. The van der Waals surface area contributed by atoms with Gasteiger partial charge in [-0.2, -0.15) is 0 Å². The lowest BCUT2D eigenvalue weighted by molar-refractivity contribution is -0.147. The third-order valence-electron chi connectivity index (χ3n) is 3.73. The van der Waals surface area contributed by atoms with E-state index in [4.69, 9.17) is 9.47 Å². The van der Waals surface area contributed by atoms with Crippen LogP contribution >= 0.6 is 0 Å². The summed E-state index contributed by atoms with van der Waals surface area (Å²) in [5.74, 6) is -0.262. The van der Waals surface area contributed by atoms with Crippen LogP contribution in [0.15, 0.2) is 48.5 Å². The van der Waals surface area contributed by atoms with E-state index in [0.29, 0.717) is 24.3 Å². The van der Waals surface area contributed by atoms with Gasteiger partial charge in [-0.1, -0.05) is 29.8 Å². The quantitative estimate of drug-likeness (QED) is 0.415. The molecule has 1 amide bonds. The monoisotopic (exact) mass is 369 g/mol. The predicted octanol–water partition coefficient (Wildman–Crippen LogP) is 3.54. The Balaban J connectivity index is 1.64. The molecule has 27 heavy (non-hydrogen) atoms. The molecule has 0 aliphatic heterocycles. The number of benzene rings is 2. The van der Waals surface area contributed by atoms with E-state index in [2.05, 4.69) is 5.32 Å². The molecule has 2 rings (SSSR count). The van der Waals surface area contributed by atoms with Crippen molar-refractivity contribution >= 4 is 23.3 Å². The SMILES string of the molecule is CC(=O)c1cccc(NC(=O)COC(=O)CCCOc2ccc(C)cc2)c1. The molecule has 0 aliphatic carbocycles. The Labute approximate surface area is 158 Å². The van der Waals surface area contributed by atoms with E-state index in [1.54, 1.807) is 24.3 Å². The van der Waals surface area contributed by atoms with E-state index in [0.717, 1.165) is 11.3 Å². The largest absolute Gasteiger partial charge is 0.494 e. The summed E-state index contributed by atoms with van der Waals surface area (Å²) in [5, 5.41) is 2.59. The number of hydrogen-bond acceptors (Lipinski definition) is 5. The summed E-state index contributed by atoms with van der Waals surface area (Å²) in [6.07, 6.45) is 0.661. The fourth-order valence-corrected chi connectivity index (χ4v) is 2.27. The number of hydrogen-bond donors (Lipinski definition) is 1. The average Bonchev–Trinajstić information content (AvgIpc) is 2.65. The van der Waals surface area contributed by atoms with Crippen LogP contribution in [-0.4, -0.2) is 30.9 Å². The highest BCUT2D eigenvalue weighted by molar-refractivity contribution is 5.97. The molecule has 0 saturated heterocycles. The molecule has 0 aliphatic rings. The minimum Gasteiger partial charge on any atom is -0.494 e. The van der Waals surface area contributed by atoms with Gasteiger partial charge in [0.15, 0.2) is 12.4 Å². The van der Waals surface area contributed by atoms with Crippen LogP contribution in [-0.2, 0) is 14.3 Å². The summed E-state index contributed by atoms with van der Waals surface area (Å²) < 4.78 is 10.5. The fraction of sp³-hybridized carbons (Fsp3) is 0.286. The molecule has 1 N–H and O–H groups in total. The maximum atomic E-state index is 11.8. The number of anilines is 1.